The molecular formula is C13H20ClN3O. The van der Waals surface area contributed by atoms with Crippen LogP contribution in [-0.2, 0) is 4.79 Å². The quantitative estimate of drug-likeness (QED) is 0.807. The number of anilines is 2. The van der Waals surface area contributed by atoms with Crippen molar-refractivity contribution in [2.75, 3.05) is 23.7 Å². The van der Waals surface area contributed by atoms with Crippen LogP contribution in [0, 0.1) is 0 Å². The van der Waals surface area contributed by atoms with E-state index in [9.17, 15) is 4.79 Å². The number of nitrogens with two attached hydrogens (primary N) is 1. The Bertz CT molecular complexity index is 421. The fraction of sp³-hybridized carbons (Fsp3) is 0.462. The molecule has 0 aliphatic carbocycles. The van der Waals surface area contributed by atoms with E-state index in [4.69, 9.17) is 17.3 Å². The molecule has 0 aromatic heterocycles. The fourth-order valence-electron chi connectivity index (χ4n) is 1.69. The Hall–Kier alpha value is -1.42. The third-order valence-electron chi connectivity index (χ3n) is 2.48. The molecule has 1 amide bonds. The molecule has 0 heterocycles. The lowest BCUT2D eigenvalue weighted by atomic mass is 10.2. The first kappa shape index (κ1) is 14.6. The van der Waals surface area contributed by atoms with Gasteiger partial charge in [-0.05, 0) is 39.0 Å². The Labute approximate surface area is 113 Å². The Kier molecular flexibility index (Phi) is 5.28. The molecule has 100 valence electrons. The zero-order valence-corrected chi connectivity index (χ0v) is 11.8. The summed E-state index contributed by atoms with van der Waals surface area (Å²) < 4.78 is 0. The second-order valence-corrected chi connectivity index (χ2v) is 4.85. The van der Waals surface area contributed by atoms with Gasteiger partial charge in [0.1, 0.15) is 0 Å². The number of carbonyl (C=O) groups is 1. The van der Waals surface area contributed by atoms with E-state index >= 15 is 0 Å². The fourth-order valence-corrected chi connectivity index (χ4v) is 2.00. The molecule has 4 nitrogen and oxygen atoms in total. The van der Waals surface area contributed by atoms with Crippen molar-refractivity contribution in [3.05, 3.63) is 23.2 Å². The van der Waals surface area contributed by atoms with Crippen molar-refractivity contribution in [3.8, 4) is 0 Å². The number of halogens is 1. The SMILES string of the molecule is CCN(CC(=O)NC(C)C)c1ccc(N)cc1Cl. The van der Waals surface area contributed by atoms with Crippen molar-refractivity contribution in [2.45, 2.75) is 26.8 Å². The van der Waals surface area contributed by atoms with Crippen LogP contribution < -0.4 is 16.0 Å². The maximum Gasteiger partial charge on any atom is 0.239 e. The zero-order chi connectivity index (χ0) is 13.7. The summed E-state index contributed by atoms with van der Waals surface area (Å²) in [5, 5.41) is 3.42. The smallest absolute Gasteiger partial charge is 0.239 e. The van der Waals surface area contributed by atoms with Crippen LogP contribution in [0.2, 0.25) is 5.02 Å². The molecule has 1 aromatic rings. The minimum Gasteiger partial charge on any atom is -0.399 e. The molecule has 1 aromatic carbocycles. The molecule has 1 rings (SSSR count). The standard InChI is InChI=1S/C13H20ClN3O/c1-4-17(8-13(18)16-9(2)3)12-6-5-10(15)7-11(12)14/h5-7,9H,4,8,15H2,1-3H3,(H,16,18). The maximum atomic E-state index is 11.8. The van der Waals surface area contributed by atoms with Gasteiger partial charge in [0.05, 0.1) is 17.3 Å². The van der Waals surface area contributed by atoms with E-state index in [1.165, 1.54) is 0 Å². The molecule has 0 fully saturated rings. The molecule has 0 radical (unpaired) electrons. The third kappa shape index (κ3) is 4.11. The van der Waals surface area contributed by atoms with Gasteiger partial charge in [-0.15, -0.1) is 0 Å². The number of benzene rings is 1. The van der Waals surface area contributed by atoms with Gasteiger partial charge < -0.3 is 16.0 Å². The third-order valence-corrected chi connectivity index (χ3v) is 2.78. The second-order valence-electron chi connectivity index (χ2n) is 4.45. The highest BCUT2D eigenvalue weighted by atomic mass is 35.5. The molecule has 0 saturated carbocycles. The summed E-state index contributed by atoms with van der Waals surface area (Å²) in [6.07, 6.45) is 0. The number of rotatable bonds is 5. The first-order valence-electron chi connectivity index (χ1n) is 6.03. The van der Waals surface area contributed by atoms with E-state index in [-0.39, 0.29) is 18.5 Å². The van der Waals surface area contributed by atoms with E-state index < -0.39 is 0 Å². The Morgan fingerprint density at radius 1 is 1.50 bits per heavy atom. The van der Waals surface area contributed by atoms with Gasteiger partial charge >= 0.3 is 0 Å². The number of nitrogens with one attached hydrogen (secondary N) is 1. The minimum atomic E-state index is -0.0141. The maximum absolute atomic E-state index is 11.8. The van der Waals surface area contributed by atoms with Gasteiger partial charge in [-0.1, -0.05) is 11.6 Å². The summed E-state index contributed by atoms with van der Waals surface area (Å²) in [5.41, 5.74) is 7.10. The van der Waals surface area contributed by atoms with E-state index in [1.54, 1.807) is 12.1 Å². The molecule has 3 N–H and O–H groups in total. The summed E-state index contributed by atoms with van der Waals surface area (Å²) >= 11 is 6.14. The Morgan fingerprint density at radius 3 is 2.67 bits per heavy atom. The number of nitrogens with zero attached hydrogens (tertiary/aromatic N) is 1. The van der Waals surface area contributed by atoms with Gasteiger partial charge in [-0.3, -0.25) is 4.79 Å². The number of likely N-dealkylation sites (N-methyl/N-ethyl adjacent to an activating group) is 1. The van der Waals surface area contributed by atoms with Crippen LogP contribution in [0.25, 0.3) is 0 Å². The minimum absolute atomic E-state index is 0.0141. The van der Waals surface area contributed by atoms with Gasteiger partial charge in [0.2, 0.25) is 5.91 Å². The van der Waals surface area contributed by atoms with Crippen molar-refractivity contribution in [2.24, 2.45) is 0 Å². The number of hydrogen-bond donors (Lipinski definition) is 2. The number of amides is 1. The summed E-state index contributed by atoms with van der Waals surface area (Å²) in [4.78, 5) is 13.7. The summed E-state index contributed by atoms with van der Waals surface area (Å²) in [6.45, 7) is 6.84. The lowest BCUT2D eigenvalue weighted by Gasteiger charge is -2.24. The predicted molar refractivity (Wildman–Crippen MR) is 77.0 cm³/mol. The molecule has 0 unspecified atom stereocenters. The van der Waals surface area contributed by atoms with Crippen LogP contribution in [0.3, 0.4) is 0 Å². The highest BCUT2D eigenvalue weighted by Gasteiger charge is 2.13. The summed E-state index contributed by atoms with van der Waals surface area (Å²) in [7, 11) is 0. The molecule has 0 aliphatic heterocycles. The Balaban J connectivity index is 2.80. The molecule has 0 aliphatic rings. The highest BCUT2D eigenvalue weighted by Crippen LogP contribution is 2.27. The monoisotopic (exact) mass is 269 g/mol. The normalized spacial score (nSPS) is 10.5. The lowest BCUT2D eigenvalue weighted by Crippen LogP contribution is -2.40. The molecule has 0 bridgehead atoms. The van der Waals surface area contributed by atoms with Crippen LogP contribution in [0.1, 0.15) is 20.8 Å². The Morgan fingerprint density at radius 2 is 2.17 bits per heavy atom. The van der Waals surface area contributed by atoms with E-state index in [2.05, 4.69) is 5.32 Å². The van der Waals surface area contributed by atoms with Crippen molar-refractivity contribution in [1.29, 1.82) is 0 Å². The van der Waals surface area contributed by atoms with Crippen LogP contribution in [0.4, 0.5) is 11.4 Å². The number of carbonyl (C=O) groups excluding carboxylic acids is 1. The zero-order valence-electron chi connectivity index (χ0n) is 11.0. The molecule has 5 heteroatoms. The van der Waals surface area contributed by atoms with Gasteiger partial charge in [0.15, 0.2) is 0 Å². The average Bonchev–Trinajstić information content (AvgIpc) is 2.25. The summed E-state index contributed by atoms with van der Waals surface area (Å²) in [6, 6.07) is 5.45. The van der Waals surface area contributed by atoms with Crippen molar-refractivity contribution in [1.82, 2.24) is 5.32 Å². The highest BCUT2D eigenvalue weighted by molar-refractivity contribution is 6.33. The summed E-state index contributed by atoms with van der Waals surface area (Å²) in [5.74, 6) is -0.0141. The van der Waals surface area contributed by atoms with E-state index in [0.29, 0.717) is 17.3 Å². The van der Waals surface area contributed by atoms with Crippen molar-refractivity contribution < 1.29 is 4.79 Å². The second kappa shape index (κ2) is 6.50. The van der Waals surface area contributed by atoms with Gasteiger partial charge in [-0.25, -0.2) is 0 Å². The van der Waals surface area contributed by atoms with Gasteiger partial charge in [-0.2, -0.15) is 0 Å². The first-order valence-corrected chi connectivity index (χ1v) is 6.41. The largest absolute Gasteiger partial charge is 0.399 e. The van der Waals surface area contributed by atoms with Gasteiger partial charge in [0, 0.05) is 18.3 Å². The first-order chi connectivity index (χ1) is 8.43. The van der Waals surface area contributed by atoms with Crippen LogP contribution in [0.15, 0.2) is 18.2 Å². The van der Waals surface area contributed by atoms with Gasteiger partial charge in [0.25, 0.3) is 0 Å². The molecule has 18 heavy (non-hydrogen) atoms. The van der Waals surface area contributed by atoms with E-state index in [0.717, 1.165) is 5.69 Å². The predicted octanol–water partition coefficient (Wildman–Crippen LogP) is 2.27. The molecule has 0 spiro atoms. The molecular weight excluding hydrogens is 250 g/mol. The molecule has 0 saturated heterocycles. The number of nitrogen functional groups attached to an aromatic ring is 1. The number of hydrogen-bond acceptors (Lipinski definition) is 3. The lowest BCUT2D eigenvalue weighted by molar-refractivity contribution is -0.120. The molecule has 0 atom stereocenters. The van der Waals surface area contributed by atoms with Crippen LogP contribution in [-0.4, -0.2) is 25.0 Å². The van der Waals surface area contributed by atoms with Crippen molar-refractivity contribution in [3.63, 3.8) is 0 Å². The van der Waals surface area contributed by atoms with Crippen molar-refractivity contribution >= 4 is 28.9 Å². The topological polar surface area (TPSA) is 58.4 Å². The van der Waals surface area contributed by atoms with Crippen LogP contribution in [0.5, 0.6) is 0 Å². The van der Waals surface area contributed by atoms with Crippen LogP contribution >= 0.6 is 11.6 Å². The van der Waals surface area contributed by atoms with E-state index in [1.807, 2.05) is 31.7 Å². The average molecular weight is 270 g/mol.